The van der Waals surface area contributed by atoms with Gasteiger partial charge in [-0.25, -0.2) is 0 Å². The summed E-state index contributed by atoms with van der Waals surface area (Å²) in [5.74, 6) is 0. The van der Waals surface area contributed by atoms with Crippen LogP contribution in [-0.2, 0) is 4.74 Å². The number of hydrogen-bond acceptors (Lipinski definition) is 1. The normalized spacial score (nSPS) is 13.8. The summed E-state index contributed by atoms with van der Waals surface area (Å²) < 4.78 is 41.4. The number of benzene rings is 1. The number of hydrogen-bond donors (Lipinski definition) is 0. The molecule has 0 radical (unpaired) electrons. The van der Waals surface area contributed by atoms with Crippen molar-refractivity contribution in [3.8, 4) is 0 Å². The van der Waals surface area contributed by atoms with E-state index in [4.69, 9.17) is 4.74 Å². The zero-order chi connectivity index (χ0) is 12.2. The topological polar surface area (TPSA) is 9.23 Å². The number of alkyl halides is 4. The quantitative estimate of drug-likeness (QED) is 0.592. The van der Waals surface area contributed by atoms with Crippen LogP contribution in [0.15, 0.2) is 24.3 Å². The zero-order valence-corrected chi connectivity index (χ0v) is 10.9. The van der Waals surface area contributed by atoms with Crippen molar-refractivity contribution in [3.05, 3.63) is 35.4 Å². The van der Waals surface area contributed by atoms with Crippen molar-refractivity contribution in [2.24, 2.45) is 0 Å². The lowest BCUT2D eigenvalue weighted by Gasteiger charge is -2.17. The lowest BCUT2D eigenvalue weighted by atomic mass is 10.1. The van der Waals surface area contributed by atoms with Crippen LogP contribution in [0.5, 0.6) is 0 Å². The van der Waals surface area contributed by atoms with Gasteiger partial charge in [0.25, 0.3) is 0 Å². The van der Waals surface area contributed by atoms with E-state index in [1.165, 1.54) is 0 Å². The molecule has 0 N–H and O–H groups in total. The van der Waals surface area contributed by atoms with Gasteiger partial charge in [0.1, 0.15) is 6.61 Å². The molecule has 1 atom stereocenters. The Morgan fingerprint density at radius 2 is 2.06 bits per heavy atom. The Morgan fingerprint density at radius 1 is 1.38 bits per heavy atom. The van der Waals surface area contributed by atoms with E-state index in [0.29, 0.717) is 4.43 Å². The van der Waals surface area contributed by atoms with E-state index in [0.717, 1.165) is 11.1 Å². The van der Waals surface area contributed by atoms with E-state index in [9.17, 15) is 13.2 Å². The standard InChI is InChI=1S/C11H12F3IO/c1-8-3-2-4-9(5-8)10(6-15)16-7-11(12,13)14/h2-5,10H,6-7H2,1H3. The van der Waals surface area contributed by atoms with Gasteiger partial charge in [-0.1, -0.05) is 52.4 Å². The molecule has 90 valence electrons. The van der Waals surface area contributed by atoms with Gasteiger partial charge in [-0.05, 0) is 12.5 Å². The molecule has 16 heavy (non-hydrogen) atoms. The van der Waals surface area contributed by atoms with E-state index >= 15 is 0 Å². The number of halogens is 4. The highest BCUT2D eigenvalue weighted by atomic mass is 127. The molecule has 0 aliphatic carbocycles. The first-order valence-corrected chi connectivity index (χ1v) is 6.26. The predicted octanol–water partition coefficient (Wildman–Crippen LogP) is 4.05. The molecule has 0 saturated carbocycles. The second-order valence-corrected chi connectivity index (χ2v) is 4.36. The molecule has 0 spiro atoms. The smallest absolute Gasteiger partial charge is 0.363 e. The largest absolute Gasteiger partial charge is 0.411 e. The molecule has 0 bridgehead atoms. The van der Waals surface area contributed by atoms with Crippen molar-refractivity contribution in [2.75, 3.05) is 11.0 Å². The highest BCUT2D eigenvalue weighted by Crippen LogP contribution is 2.24. The summed E-state index contributed by atoms with van der Waals surface area (Å²) in [5, 5.41) is 0. The van der Waals surface area contributed by atoms with E-state index in [-0.39, 0.29) is 0 Å². The van der Waals surface area contributed by atoms with E-state index < -0.39 is 18.9 Å². The fourth-order valence-corrected chi connectivity index (χ4v) is 2.06. The zero-order valence-electron chi connectivity index (χ0n) is 8.72. The van der Waals surface area contributed by atoms with Gasteiger partial charge in [-0.3, -0.25) is 0 Å². The number of rotatable bonds is 4. The summed E-state index contributed by atoms with van der Waals surface area (Å²) >= 11 is 2.02. The van der Waals surface area contributed by atoms with Crippen LogP contribution in [0.1, 0.15) is 17.2 Å². The third-order valence-corrected chi connectivity index (χ3v) is 2.80. The van der Waals surface area contributed by atoms with Crippen LogP contribution in [0.2, 0.25) is 0 Å². The molecule has 0 aromatic heterocycles. The van der Waals surface area contributed by atoms with Gasteiger partial charge >= 0.3 is 6.18 Å². The Balaban J connectivity index is 2.68. The molecule has 1 aromatic carbocycles. The summed E-state index contributed by atoms with van der Waals surface area (Å²) in [6.45, 7) is 0.701. The predicted molar refractivity (Wildman–Crippen MR) is 64.8 cm³/mol. The minimum Gasteiger partial charge on any atom is -0.363 e. The summed E-state index contributed by atoms with van der Waals surface area (Å²) in [6.07, 6.45) is -4.77. The van der Waals surface area contributed by atoms with Gasteiger partial charge < -0.3 is 4.74 Å². The van der Waals surface area contributed by atoms with Gasteiger partial charge in [0.15, 0.2) is 0 Å². The van der Waals surface area contributed by atoms with Crippen LogP contribution in [-0.4, -0.2) is 17.2 Å². The maximum absolute atomic E-state index is 12.0. The molecule has 1 nitrogen and oxygen atoms in total. The lowest BCUT2D eigenvalue weighted by Crippen LogP contribution is -2.20. The molecule has 0 aliphatic rings. The van der Waals surface area contributed by atoms with Crippen LogP contribution in [0.3, 0.4) is 0 Å². The van der Waals surface area contributed by atoms with Gasteiger partial charge in [0.2, 0.25) is 0 Å². The van der Waals surface area contributed by atoms with Crippen molar-refractivity contribution >= 4 is 22.6 Å². The van der Waals surface area contributed by atoms with Gasteiger partial charge in [-0.2, -0.15) is 13.2 Å². The Labute approximate surface area is 106 Å². The monoisotopic (exact) mass is 344 g/mol. The minimum absolute atomic E-state index is 0.497. The lowest BCUT2D eigenvalue weighted by molar-refractivity contribution is -0.183. The highest BCUT2D eigenvalue weighted by Gasteiger charge is 2.29. The molecular formula is C11H12F3IO. The van der Waals surface area contributed by atoms with Gasteiger partial charge in [0, 0.05) is 4.43 Å². The minimum atomic E-state index is -4.27. The molecule has 1 unspecified atom stereocenters. The first-order valence-electron chi connectivity index (χ1n) is 4.73. The average Bonchev–Trinajstić information content (AvgIpc) is 2.17. The van der Waals surface area contributed by atoms with E-state index in [1.54, 1.807) is 6.07 Å². The Kier molecular flexibility index (Phi) is 5.04. The van der Waals surface area contributed by atoms with Crippen molar-refractivity contribution in [2.45, 2.75) is 19.2 Å². The molecule has 0 heterocycles. The third kappa shape index (κ3) is 4.69. The SMILES string of the molecule is Cc1cccc(C(CI)OCC(F)(F)F)c1. The molecule has 0 amide bonds. The first kappa shape index (κ1) is 13.8. The number of aryl methyl sites for hydroxylation is 1. The van der Waals surface area contributed by atoms with Gasteiger partial charge in [0.05, 0.1) is 6.10 Å². The van der Waals surface area contributed by atoms with E-state index in [2.05, 4.69) is 0 Å². The maximum Gasteiger partial charge on any atom is 0.411 e. The van der Waals surface area contributed by atoms with Crippen molar-refractivity contribution in [1.29, 1.82) is 0 Å². The molecule has 0 aliphatic heterocycles. The molecule has 1 aromatic rings. The first-order chi connectivity index (χ1) is 7.42. The summed E-state index contributed by atoms with van der Waals surface area (Å²) in [7, 11) is 0. The van der Waals surface area contributed by atoms with Crippen molar-refractivity contribution < 1.29 is 17.9 Å². The van der Waals surface area contributed by atoms with Crippen molar-refractivity contribution in [3.63, 3.8) is 0 Å². The summed E-state index contributed by atoms with van der Waals surface area (Å²) in [4.78, 5) is 0. The van der Waals surface area contributed by atoms with Crippen LogP contribution >= 0.6 is 22.6 Å². The molecular weight excluding hydrogens is 332 g/mol. The van der Waals surface area contributed by atoms with Gasteiger partial charge in [-0.15, -0.1) is 0 Å². The fourth-order valence-electron chi connectivity index (χ4n) is 1.30. The second-order valence-electron chi connectivity index (χ2n) is 3.48. The Morgan fingerprint density at radius 3 is 2.56 bits per heavy atom. The Bertz CT molecular complexity index is 338. The molecule has 5 heteroatoms. The molecule has 0 saturated heterocycles. The maximum atomic E-state index is 12.0. The summed E-state index contributed by atoms with van der Waals surface area (Å²) in [6, 6.07) is 7.35. The van der Waals surface area contributed by atoms with E-state index in [1.807, 2.05) is 47.7 Å². The van der Waals surface area contributed by atoms with Crippen LogP contribution in [0, 0.1) is 6.92 Å². The fraction of sp³-hybridized carbons (Fsp3) is 0.455. The highest BCUT2D eigenvalue weighted by molar-refractivity contribution is 14.1. The third-order valence-electron chi connectivity index (χ3n) is 2.00. The number of ether oxygens (including phenoxy) is 1. The average molecular weight is 344 g/mol. The second kappa shape index (κ2) is 5.86. The van der Waals surface area contributed by atoms with Crippen molar-refractivity contribution in [1.82, 2.24) is 0 Å². The van der Waals surface area contributed by atoms with Crippen LogP contribution < -0.4 is 0 Å². The summed E-state index contributed by atoms with van der Waals surface area (Å²) in [5.41, 5.74) is 1.81. The van der Waals surface area contributed by atoms with Crippen LogP contribution in [0.4, 0.5) is 13.2 Å². The van der Waals surface area contributed by atoms with Crippen LogP contribution in [0.25, 0.3) is 0 Å². The Hall–Kier alpha value is -0.300. The molecule has 0 fully saturated rings. The molecule has 1 rings (SSSR count).